The molecule has 1 aliphatic heterocycles. The Balaban J connectivity index is 1.65. The summed E-state index contributed by atoms with van der Waals surface area (Å²) in [5.74, 6) is 1.76. The standard InChI is InChI=1S/C17H24N6O3/c1-11-13(5-6-14(18-11)23-7-9-25-10-8-23)20-16(24)21-17(3,4)15-19-12(2)22-26-15/h5-6H,7-10H2,1-4H3,(H2,20,21,24). The molecule has 0 unspecified atom stereocenters. The van der Waals surface area contributed by atoms with E-state index in [1.54, 1.807) is 20.8 Å². The maximum Gasteiger partial charge on any atom is 0.320 e. The summed E-state index contributed by atoms with van der Waals surface area (Å²) >= 11 is 0. The van der Waals surface area contributed by atoms with Gasteiger partial charge in [0, 0.05) is 13.1 Å². The van der Waals surface area contributed by atoms with Gasteiger partial charge in [-0.05, 0) is 39.8 Å². The number of carbonyl (C=O) groups excluding carboxylic acids is 1. The first-order chi connectivity index (χ1) is 12.3. The lowest BCUT2D eigenvalue weighted by molar-refractivity contribution is 0.122. The van der Waals surface area contributed by atoms with E-state index in [1.165, 1.54) is 0 Å². The first kappa shape index (κ1) is 18.1. The Bertz CT molecular complexity index is 783. The van der Waals surface area contributed by atoms with E-state index in [1.807, 2.05) is 19.1 Å². The zero-order valence-electron chi connectivity index (χ0n) is 15.5. The fourth-order valence-corrected chi connectivity index (χ4v) is 2.69. The minimum atomic E-state index is -0.791. The summed E-state index contributed by atoms with van der Waals surface area (Å²) in [5, 5.41) is 9.43. The second-order valence-corrected chi connectivity index (χ2v) is 6.75. The van der Waals surface area contributed by atoms with Crippen LogP contribution in [0.3, 0.4) is 0 Å². The van der Waals surface area contributed by atoms with E-state index in [4.69, 9.17) is 9.26 Å². The van der Waals surface area contributed by atoms with Crippen molar-refractivity contribution in [1.29, 1.82) is 0 Å². The molecule has 2 N–H and O–H groups in total. The normalized spacial score (nSPS) is 15.0. The van der Waals surface area contributed by atoms with E-state index in [9.17, 15) is 4.79 Å². The van der Waals surface area contributed by atoms with Gasteiger partial charge in [0.2, 0.25) is 0 Å². The van der Waals surface area contributed by atoms with Crippen LogP contribution >= 0.6 is 0 Å². The van der Waals surface area contributed by atoms with E-state index >= 15 is 0 Å². The van der Waals surface area contributed by atoms with Crippen LogP contribution in [0, 0.1) is 13.8 Å². The third-order valence-electron chi connectivity index (χ3n) is 4.14. The molecule has 140 valence electrons. The molecule has 0 bridgehead atoms. The quantitative estimate of drug-likeness (QED) is 0.859. The number of pyridine rings is 1. The van der Waals surface area contributed by atoms with Crippen molar-refractivity contribution in [3.05, 3.63) is 29.5 Å². The summed E-state index contributed by atoms with van der Waals surface area (Å²) in [5.41, 5.74) is 0.605. The van der Waals surface area contributed by atoms with Crippen LogP contribution in [0.15, 0.2) is 16.7 Å². The van der Waals surface area contributed by atoms with Crippen LogP contribution in [0.4, 0.5) is 16.3 Å². The zero-order valence-corrected chi connectivity index (χ0v) is 15.5. The van der Waals surface area contributed by atoms with Gasteiger partial charge in [0.05, 0.1) is 24.6 Å². The minimum absolute atomic E-state index is 0.350. The summed E-state index contributed by atoms with van der Waals surface area (Å²) < 4.78 is 10.5. The Hall–Kier alpha value is -2.68. The minimum Gasteiger partial charge on any atom is -0.378 e. The van der Waals surface area contributed by atoms with Gasteiger partial charge >= 0.3 is 6.03 Å². The third kappa shape index (κ3) is 4.10. The molecule has 1 aliphatic rings. The van der Waals surface area contributed by atoms with Crippen molar-refractivity contribution >= 4 is 17.5 Å². The van der Waals surface area contributed by atoms with Crippen LogP contribution in [0.5, 0.6) is 0 Å². The molecule has 0 aromatic carbocycles. The topological polar surface area (TPSA) is 105 Å². The monoisotopic (exact) mass is 360 g/mol. The largest absolute Gasteiger partial charge is 0.378 e. The molecule has 0 radical (unpaired) electrons. The van der Waals surface area contributed by atoms with Crippen molar-refractivity contribution in [1.82, 2.24) is 20.4 Å². The van der Waals surface area contributed by atoms with Crippen molar-refractivity contribution in [2.24, 2.45) is 0 Å². The van der Waals surface area contributed by atoms with E-state index in [-0.39, 0.29) is 6.03 Å². The molecular weight excluding hydrogens is 336 g/mol. The lowest BCUT2D eigenvalue weighted by Gasteiger charge is -2.28. The van der Waals surface area contributed by atoms with E-state index in [2.05, 4.69) is 30.7 Å². The number of nitrogens with zero attached hydrogens (tertiary/aromatic N) is 4. The van der Waals surface area contributed by atoms with Gasteiger partial charge in [-0.1, -0.05) is 5.16 Å². The molecule has 0 saturated carbocycles. The van der Waals surface area contributed by atoms with E-state index < -0.39 is 5.54 Å². The predicted octanol–water partition coefficient (Wildman–Crippen LogP) is 1.97. The molecule has 9 heteroatoms. The number of anilines is 2. The van der Waals surface area contributed by atoms with Crippen LogP contribution in [0.25, 0.3) is 0 Å². The number of hydrogen-bond acceptors (Lipinski definition) is 7. The molecule has 3 rings (SSSR count). The molecule has 0 spiro atoms. The van der Waals surface area contributed by atoms with Gasteiger partial charge in [-0.25, -0.2) is 9.78 Å². The lowest BCUT2D eigenvalue weighted by Crippen LogP contribution is -2.43. The van der Waals surface area contributed by atoms with Crippen molar-refractivity contribution < 1.29 is 14.1 Å². The smallest absolute Gasteiger partial charge is 0.320 e. The molecule has 2 amide bonds. The fourth-order valence-electron chi connectivity index (χ4n) is 2.69. The summed E-state index contributed by atoms with van der Waals surface area (Å²) in [4.78, 5) is 23.3. The number of amides is 2. The average molecular weight is 360 g/mol. The second-order valence-electron chi connectivity index (χ2n) is 6.75. The number of rotatable bonds is 4. The second kappa shape index (κ2) is 7.28. The van der Waals surface area contributed by atoms with Crippen molar-refractivity contribution in [3.8, 4) is 0 Å². The van der Waals surface area contributed by atoms with Gasteiger partial charge in [-0.15, -0.1) is 0 Å². The van der Waals surface area contributed by atoms with Gasteiger partial charge < -0.3 is 24.8 Å². The molecule has 1 fully saturated rings. The van der Waals surface area contributed by atoms with E-state index in [0.29, 0.717) is 30.6 Å². The summed E-state index contributed by atoms with van der Waals surface area (Å²) in [7, 11) is 0. The number of ether oxygens (including phenoxy) is 1. The number of nitrogens with one attached hydrogen (secondary N) is 2. The third-order valence-corrected chi connectivity index (χ3v) is 4.14. The summed E-state index contributed by atoms with van der Waals surface area (Å²) in [6, 6.07) is 3.40. The van der Waals surface area contributed by atoms with Crippen LogP contribution in [-0.4, -0.2) is 47.5 Å². The first-order valence-corrected chi connectivity index (χ1v) is 8.55. The van der Waals surface area contributed by atoms with Gasteiger partial charge in [0.25, 0.3) is 5.89 Å². The molecule has 9 nitrogen and oxygen atoms in total. The zero-order chi connectivity index (χ0) is 18.7. The number of aromatic nitrogens is 3. The highest BCUT2D eigenvalue weighted by atomic mass is 16.5. The number of carbonyl (C=O) groups is 1. The highest BCUT2D eigenvalue weighted by Gasteiger charge is 2.29. The summed E-state index contributed by atoms with van der Waals surface area (Å²) in [6.07, 6.45) is 0. The summed E-state index contributed by atoms with van der Waals surface area (Å²) in [6.45, 7) is 10.2. The molecule has 1 saturated heterocycles. The van der Waals surface area contributed by atoms with Crippen LogP contribution in [0.1, 0.15) is 31.3 Å². The van der Waals surface area contributed by atoms with Crippen molar-refractivity contribution in [3.63, 3.8) is 0 Å². The van der Waals surface area contributed by atoms with Crippen LogP contribution in [-0.2, 0) is 10.3 Å². The number of morpholine rings is 1. The van der Waals surface area contributed by atoms with Crippen LogP contribution in [0.2, 0.25) is 0 Å². The van der Waals surface area contributed by atoms with Gasteiger partial charge in [-0.3, -0.25) is 0 Å². The lowest BCUT2D eigenvalue weighted by atomic mass is 10.1. The number of aryl methyl sites for hydroxylation is 2. The van der Waals surface area contributed by atoms with E-state index in [0.717, 1.165) is 24.6 Å². The SMILES string of the molecule is Cc1noc(C(C)(C)NC(=O)Nc2ccc(N3CCOCC3)nc2C)n1. The Labute approximate surface area is 152 Å². The Kier molecular flexibility index (Phi) is 5.08. The molecule has 0 atom stereocenters. The van der Waals surface area contributed by atoms with Crippen LogP contribution < -0.4 is 15.5 Å². The highest BCUT2D eigenvalue weighted by Crippen LogP contribution is 2.21. The Morgan fingerprint density at radius 2 is 1.92 bits per heavy atom. The molecule has 0 aliphatic carbocycles. The molecule has 26 heavy (non-hydrogen) atoms. The van der Waals surface area contributed by atoms with Gasteiger partial charge in [0.15, 0.2) is 5.82 Å². The molecule has 2 aromatic rings. The molecule has 2 aromatic heterocycles. The maximum atomic E-state index is 12.4. The Morgan fingerprint density at radius 1 is 1.19 bits per heavy atom. The average Bonchev–Trinajstić information content (AvgIpc) is 3.04. The van der Waals surface area contributed by atoms with Gasteiger partial charge in [0.1, 0.15) is 11.4 Å². The molecule has 3 heterocycles. The molecular formula is C17H24N6O3. The Morgan fingerprint density at radius 3 is 2.54 bits per heavy atom. The maximum absolute atomic E-state index is 12.4. The van der Waals surface area contributed by atoms with Gasteiger partial charge in [-0.2, -0.15) is 4.98 Å². The predicted molar refractivity (Wildman–Crippen MR) is 96.2 cm³/mol. The first-order valence-electron chi connectivity index (χ1n) is 8.55. The van der Waals surface area contributed by atoms with Crippen molar-refractivity contribution in [2.75, 3.05) is 36.5 Å². The highest BCUT2D eigenvalue weighted by molar-refractivity contribution is 5.90. The van der Waals surface area contributed by atoms with Crippen molar-refractivity contribution in [2.45, 2.75) is 33.2 Å². The number of hydrogen-bond donors (Lipinski definition) is 2. The fraction of sp³-hybridized carbons (Fsp3) is 0.529. The number of urea groups is 1.